The fourth-order valence-corrected chi connectivity index (χ4v) is 2.01. The van der Waals surface area contributed by atoms with Crippen molar-refractivity contribution in [1.29, 1.82) is 0 Å². The summed E-state index contributed by atoms with van der Waals surface area (Å²) in [6.45, 7) is 0. The largest absolute Gasteiger partial charge is 0.399 e. The van der Waals surface area contributed by atoms with Crippen LogP contribution in [0.3, 0.4) is 0 Å². The molecule has 4 heteroatoms. The standard InChI is InChI=1S/C13H11IN2O/c14-9-3-1-8(2-4-9)11-6-5-10(15)7-12(11)13(16)17/h1-7H,15H2,(H2,16,17). The zero-order valence-electron chi connectivity index (χ0n) is 8.98. The van der Waals surface area contributed by atoms with E-state index in [1.807, 2.05) is 30.3 Å². The number of anilines is 1. The Morgan fingerprint density at radius 2 is 1.71 bits per heavy atom. The molecule has 0 aliphatic carbocycles. The summed E-state index contributed by atoms with van der Waals surface area (Å²) in [4.78, 5) is 11.4. The molecule has 3 nitrogen and oxygen atoms in total. The van der Waals surface area contributed by atoms with Gasteiger partial charge in [0.1, 0.15) is 0 Å². The van der Waals surface area contributed by atoms with E-state index in [4.69, 9.17) is 11.5 Å². The first-order chi connectivity index (χ1) is 8.08. The minimum absolute atomic E-state index is 0.450. The van der Waals surface area contributed by atoms with Crippen LogP contribution in [0.25, 0.3) is 11.1 Å². The Morgan fingerprint density at radius 3 is 2.29 bits per heavy atom. The molecule has 0 aliphatic rings. The molecule has 0 radical (unpaired) electrons. The molecule has 2 rings (SSSR count). The first kappa shape index (κ1) is 11.9. The SMILES string of the molecule is NC(=O)c1cc(N)ccc1-c1ccc(I)cc1. The molecule has 0 unspecified atom stereocenters. The lowest BCUT2D eigenvalue weighted by atomic mass is 9.99. The van der Waals surface area contributed by atoms with Crippen molar-refractivity contribution >= 4 is 34.2 Å². The van der Waals surface area contributed by atoms with Crippen LogP contribution in [0.15, 0.2) is 42.5 Å². The predicted octanol–water partition coefficient (Wildman–Crippen LogP) is 2.64. The van der Waals surface area contributed by atoms with Gasteiger partial charge in [0.2, 0.25) is 5.91 Å². The average molecular weight is 338 g/mol. The second-order valence-corrected chi connectivity index (χ2v) is 4.92. The molecule has 0 aliphatic heterocycles. The maximum atomic E-state index is 11.4. The number of nitrogens with two attached hydrogens (primary N) is 2. The van der Waals surface area contributed by atoms with Gasteiger partial charge in [-0.3, -0.25) is 4.79 Å². The number of hydrogen-bond acceptors (Lipinski definition) is 2. The Labute approximate surface area is 113 Å². The van der Waals surface area contributed by atoms with Gasteiger partial charge < -0.3 is 11.5 Å². The summed E-state index contributed by atoms with van der Waals surface area (Å²) in [7, 11) is 0. The first-order valence-electron chi connectivity index (χ1n) is 5.03. The summed E-state index contributed by atoms with van der Waals surface area (Å²) in [6, 6.07) is 13.1. The van der Waals surface area contributed by atoms with Gasteiger partial charge in [0.15, 0.2) is 0 Å². The van der Waals surface area contributed by atoms with Crippen molar-refractivity contribution in [2.24, 2.45) is 5.73 Å². The lowest BCUT2D eigenvalue weighted by Gasteiger charge is -2.08. The number of nitrogen functional groups attached to an aromatic ring is 1. The molecule has 0 heterocycles. The Kier molecular flexibility index (Phi) is 3.33. The van der Waals surface area contributed by atoms with Gasteiger partial charge in [-0.2, -0.15) is 0 Å². The van der Waals surface area contributed by atoms with Gasteiger partial charge in [0.05, 0.1) is 0 Å². The van der Waals surface area contributed by atoms with Crippen LogP contribution >= 0.6 is 22.6 Å². The molecule has 0 aromatic heterocycles. The lowest BCUT2D eigenvalue weighted by Crippen LogP contribution is -2.12. The summed E-state index contributed by atoms with van der Waals surface area (Å²) in [6.07, 6.45) is 0. The van der Waals surface area contributed by atoms with Crippen molar-refractivity contribution in [2.45, 2.75) is 0 Å². The van der Waals surface area contributed by atoms with Crippen molar-refractivity contribution < 1.29 is 4.79 Å². The quantitative estimate of drug-likeness (QED) is 0.653. The van der Waals surface area contributed by atoms with Crippen LogP contribution < -0.4 is 11.5 Å². The molecule has 1 amide bonds. The number of benzene rings is 2. The van der Waals surface area contributed by atoms with E-state index in [2.05, 4.69) is 22.6 Å². The molecule has 2 aromatic rings. The number of carbonyl (C=O) groups is 1. The van der Waals surface area contributed by atoms with Crippen LogP contribution in [-0.2, 0) is 0 Å². The third-order valence-corrected chi connectivity index (χ3v) is 3.18. The highest BCUT2D eigenvalue weighted by atomic mass is 127. The van der Waals surface area contributed by atoms with Gasteiger partial charge in [0, 0.05) is 14.8 Å². The third-order valence-electron chi connectivity index (χ3n) is 2.46. The summed E-state index contributed by atoms with van der Waals surface area (Å²) < 4.78 is 1.14. The van der Waals surface area contributed by atoms with Crippen LogP contribution in [0.4, 0.5) is 5.69 Å². The molecule has 0 saturated heterocycles. The second kappa shape index (κ2) is 4.75. The Hall–Kier alpha value is -1.56. The van der Waals surface area contributed by atoms with E-state index in [0.29, 0.717) is 11.3 Å². The molecule has 4 N–H and O–H groups in total. The predicted molar refractivity (Wildman–Crippen MR) is 77.5 cm³/mol. The van der Waals surface area contributed by atoms with Gasteiger partial charge in [-0.25, -0.2) is 0 Å². The number of carbonyl (C=O) groups excluding carboxylic acids is 1. The molecular formula is C13H11IN2O. The number of hydrogen-bond donors (Lipinski definition) is 2. The molecule has 86 valence electrons. The molecule has 2 aromatic carbocycles. The topological polar surface area (TPSA) is 69.1 Å². The van der Waals surface area contributed by atoms with E-state index in [1.165, 1.54) is 0 Å². The van der Waals surface area contributed by atoms with E-state index in [9.17, 15) is 4.79 Å². The molecule has 0 fully saturated rings. The highest BCUT2D eigenvalue weighted by Gasteiger charge is 2.10. The van der Waals surface area contributed by atoms with E-state index in [0.717, 1.165) is 14.7 Å². The van der Waals surface area contributed by atoms with Crippen molar-refractivity contribution in [3.63, 3.8) is 0 Å². The van der Waals surface area contributed by atoms with Crippen molar-refractivity contribution in [3.05, 3.63) is 51.6 Å². The monoisotopic (exact) mass is 338 g/mol. The van der Waals surface area contributed by atoms with Crippen molar-refractivity contribution in [1.82, 2.24) is 0 Å². The zero-order chi connectivity index (χ0) is 12.4. The first-order valence-corrected chi connectivity index (χ1v) is 6.11. The van der Waals surface area contributed by atoms with E-state index >= 15 is 0 Å². The number of halogens is 1. The molecule has 17 heavy (non-hydrogen) atoms. The smallest absolute Gasteiger partial charge is 0.249 e. The normalized spacial score (nSPS) is 10.2. The minimum atomic E-state index is -0.467. The van der Waals surface area contributed by atoms with E-state index in [1.54, 1.807) is 12.1 Å². The second-order valence-electron chi connectivity index (χ2n) is 3.68. The van der Waals surface area contributed by atoms with Gasteiger partial charge in [-0.05, 0) is 58.0 Å². The van der Waals surface area contributed by atoms with Crippen molar-refractivity contribution in [3.8, 4) is 11.1 Å². The highest BCUT2D eigenvalue weighted by Crippen LogP contribution is 2.26. The fourth-order valence-electron chi connectivity index (χ4n) is 1.65. The summed E-state index contributed by atoms with van der Waals surface area (Å²) in [5.74, 6) is -0.467. The van der Waals surface area contributed by atoms with E-state index < -0.39 is 5.91 Å². The van der Waals surface area contributed by atoms with Crippen LogP contribution in [-0.4, -0.2) is 5.91 Å². The average Bonchev–Trinajstić information content (AvgIpc) is 2.30. The van der Waals surface area contributed by atoms with Crippen LogP contribution in [0, 0.1) is 3.57 Å². The number of amides is 1. The fraction of sp³-hybridized carbons (Fsp3) is 0. The van der Waals surface area contributed by atoms with Crippen LogP contribution in [0.2, 0.25) is 0 Å². The summed E-state index contributed by atoms with van der Waals surface area (Å²) >= 11 is 2.23. The highest BCUT2D eigenvalue weighted by molar-refractivity contribution is 14.1. The number of primary amides is 1. The Bertz CT molecular complexity index is 564. The van der Waals surface area contributed by atoms with Crippen molar-refractivity contribution in [2.75, 3.05) is 5.73 Å². The van der Waals surface area contributed by atoms with Gasteiger partial charge in [-0.15, -0.1) is 0 Å². The minimum Gasteiger partial charge on any atom is -0.399 e. The van der Waals surface area contributed by atoms with Crippen LogP contribution in [0.5, 0.6) is 0 Å². The molecule has 0 saturated carbocycles. The third kappa shape index (κ3) is 2.58. The Morgan fingerprint density at radius 1 is 1.06 bits per heavy atom. The van der Waals surface area contributed by atoms with Crippen LogP contribution in [0.1, 0.15) is 10.4 Å². The molecule has 0 atom stereocenters. The zero-order valence-corrected chi connectivity index (χ0v) is 11.1. The molecule has 0 bridgehead atoms. The summed E-state index contributed by atoms with van der Waals surface area (Å²) in [5.41, 5.74) is 13.8. The van der Waals surface area contributed by atoms with Gasteiger partial charge in [-0.1, -0.05) is 18.2 Å². The summed E-state index contributed by atoms with van der Waals surface area (Å²) in [5, 5.41) is 0. The lowest BCUT2D eigenvalue weighted by molar-refractivity contribution is 0.100. The maximum absolute atomic E-state index is 11.4. The van der Waals surface area contributed by atoms with Gasteiger partial charge in [0.25, 0.3) is 0 Å². The van der Waals surface area contributed by atoms with E-state index in [-0.39, 0.29) is 0 Å². The Balaban J connectivity index is 2.58. The molecule has 0 spiro atoms. The maximum Gasteiger partial charge on any atom is 0.249 e. The number of rotatable bonds is 2. The molecular weight excluding hydrogens is 327 g/mol. The van der Waals surface area contributed by atoms with Gasteiger partial charge >= 0.3 is 0 Å².